The van der Waals surface area contributed by atoms with Gasteiger partial charge in [0.15, 0.2) is 17.8 Å². The highest BCUT2D eigenvalue weighted by Crippen LogP contribution is 2.28. The first-order valence-corrected chi connectivity index (χ1v) is 16.4. The van der Waals surface area contributed by atoms with E-state index in [0.717, 1.165) is 69.0 Å². The third-order valence-corrected chi connectivity index (χ3v) is 7.42. The van der Waals surface area contributed by atoms with E-state index in [4.69, 9.17) is 4.74 Å². The van der Waals surface area contributed by atoms with E-state index in [1.54, 1.807) is 12.1 Å². The molecule has 1 aromatic carbocycles. The maximum Gasteiger partial charge on any atom is 0.306 e. The number of allylic oxidation sites excluding steroid dienone is 10. The molecule has 0 bridgehead atoms. The molecule has 6 nitrogen and oxygen atoms in total. The number of rotatable bonds is 20. The molecule has 0 unspecified atom stereocenters. The molecule has 0 aliphatic heterocycles. The first-order valence-electron chi connectivity index (χ1n) is 16.4. The zero-order valence-corrected chi connectivity index (χ0v) is 29.4. The van der Waals surface area contributed by atoms with Crippen LogP contribution in [-0.4, -0.2) is 42.7 Å². The van der Waals surface area contributed by atoms with Crippen LogP contribution in [0.1, 0.15) is 117 Å². The second-order valence-electron chi connectivity index (χ2n) is 12.1. The minimum atomic E-state index is -0.310. The highest BCUT2D eigenvalue weighted by molar-refractivity contribution is 5.71. The molecule has 0 fully saturated rings. The van der Waals surface area contributed by atoms with Gasteiger partial charge in [-0.15, -0.1) is 0 Å². The fraction of sp³-hybridized carbons (Fsp3) is 0.538. The van der Waals surface area contributed by atoms with Crippen LogP contribution in [0.3, 0.4) is 0 Å². The highest BCUT2D eigenvalue weighted by atomic mass is 16.5. The number of aldehydes is 1. The average Bonchev–Trinajstić information content (AvgIpc) is 2.98. The molecule has 0 saturated heterocycles. The normalized spacial score (nSPS) is 12.4. The number of likely N-dealkylation sites (N-methyl/N-ethyl adjacent to an activating group) is 1. The number of aryl methyl sites for hydroxylation is 1. The molecule has 0 atom stereocenters. The molecule has 0 saturated carbocycles. The summed E-state index contributed by atoms with van der Waals surface area (Å²) in [7, 11) is 1.88. The summed E-state index contributed by atoms with van der Waals surface area (Å²) in [6, 6.07) is 3.20. The molecular weight excluding hydrogens is 562 g/mol. The van der Waals surface area contributed by atoms with E-state index in [-0.39, 0.29) is 24.1 Å². The number of carbonyl (C=O) groups excluding carboxylic acids is 2. The Balaban J connectivity index is 0.00000123. The largest absolute Gasteiger partial charge is 0.504 e. The average molecular weight is 624 g/mol. The van der Waals surface area contributed by atoms with Crippen LogP contribution < -0.4 is 5.32 Å². The van der Waals surface area contributed by atoms with Gasteiger partial charge in [0.05, 0.1) is 0 Å². The number of hydrogen-bond acceptors (Lipinski definition) is 6. The fourth-order valence-corrected chi connectivity index (χ4v) is 4.50. The van der Waals surface area contributed by atoms with Crippen LogP contribution in [0.15, 0.2) is 70.4 Å². The summed E-state index contributed by atoms with van der Waals surface area (Å²) in [5.74, 6) is -0.405. The second kappa shape index (κ2) is 25.9. The van der Waals surface area contributed by atoms with Crippen LogP contribution in [-0.2, 0) is 20.7 Å². The molecule has 0 aromatic heterocycles. The van der Waals surface area contributed by atoms with Crippen molar-refractivity contribution in [2.75, 3.05) is 20.2 Å². The molecule has 1 rings (SSSR count). The number of ether oxygens (including phenoxy) is 1. The second-order valence-corrected chi connectivity index (χ2v) is 12.1. The van der Waals surface area contributed by atoms with E-state index in [1.165, 1.54) is 34.3 Å². The van der Waals surface area contributed by atoms with Crippen LogP contribution in [0.5, 0.6) is 11.5 Å². The van der Waals surface area contributed by atoms with Crippen LogP contribution in [0.2, 0.25) is 0 Å². The number of nitrogens with one attached hydrogen (secondary N) is 1. The van der Waals surface area contributed by atoms with Gasteiger partial charge in [-0.2, -0.15) is 0 Å². The van der Waals surface area contributed by atoms with Crippen molar-refractivity contribution in [1.29, 1.82) is 0 Å². The molecule has 0 spiro atoms. The minimum Gasteiger partial charge on any atom is -0.504 e. The molecule has 6 heteroatoms. The van der Waals surface area contributed by atoms with E-state index in [9.17, 15) is 19.8 Å². The fourth-order valence-electron chi connectivity index (χ4n) is 4.50. The molecule has 45 heavy (non-hydrogen) atoms. The summed E-state index contributed by atoms with van der Waals surface area (Å²) >= 11 is 0. The lowest BCUT2D eigenvalue weighted by Gasteiger charge is -2.07. The standard InChI is InChI=1S/C29H46O3.C10H15NO2/c1-24(2)12-9-15-27(5)18-10-16-25(3)13-7-8-14-26(4)17-11-19-28(6)20-21-29(31)32-23-22-30;1-7-5-9(12)10(13)6-8(7)3-4-11-2/h12-14,18-19,22H,7-11,15-17,20-21,23H2,1-6H3;5-6,11-13H,3-4H2,1-2H3/b25-13+,26-14+,27-18-,28-19+;. The zero-order chi connectivity index (χ0) is 34.0. The van der Waals surface area contributed by atoms with E-state index < -0.39 is 0 Å². The molecule has 0 radical (unpaired) electrons. The van der Waals surface area contributed by atoms with Gasteiger partial charge in [-0.05, 0) is 150 Å². The summed E-state index contributed by atoms with van der Waals surface area (Å²) in [6.07, 6.45) is 22.9. The first kappa shape index (κ1) is 41.6. The topological polar surface area (TPSA) is 95.9 Å². The Hall–Kier alpha value is -3.38. The number of phenolic OH excluding ortho intramolecular Hbond substituents is 2. The van der Waals surface area contributed by atoms with Crippen molar-refractivity contribution in [3.05, 3.63) is 81.5 Å². The summed E-state index contributed by atoms with van der Waals surface area (Å²) in [5.41, 5.74) is 9.06. The molecule has 0 heterocycles. The summed E-state index contributed by atoms with van der Waals surface area (Å²) in [5, 5.41) is 21.5. The zero-order valence-electron chi connectivity index (χ0n) is 29.4. The Kier molecular flexibility index (Phi) is 24.0. The Morgan fingerprint density at radius 2 is 1.18 bits per heavy atom. The lowest BCUT2D eigenvalue weighted by molar-refractivity contribution is -0.145. The molecular formula is C39H61NO5. The van der Waals surface area contributed by atoms with E-state index in [2.05, 4.69) is 70.3 Å². The lowest BCUT2D eigenvalue weighted by Crippen LogP contribution is -2.10. The number of carbonyl (C=O) groups is 2. The monoisotopic (exact) mass is 623 g/mol. The van der Waals surface area contributed by atoms with Crippen LogP contribution >= 0.6 is 0 Å². The van der Waals surface area contributed by atoms with Crippen LogP contribution in [0.25, 0.3) is 0 Å². The summed E-state index contributed by atoms with van der Waals surface area (Å²) in [6.45, 7) is 15.7. The van der Waals surface area contributed by atoms with Gasteiger partial charge in [-0.1, -0.05) is 58.2 Å². The van der Waals surface area contributed by atoms with E-state index >= 15 is 0 Å². The number of hydrogen-bond donors (Lipinski definition) is 3. The van der Waals surface area contributed by atoms with Crippen molar-refractivity contribution in [3.63, 3.8) is 0 Å². The van der Waals surface area contributed by atoms with Gasteiger partial charge in [0.2, 0.25) is 0 Å². The Morgan fingerprint density at radius 3 is 1.67 bits per heavy atom. The van der Waals surface area contributed by atoms with Gasteiger partial charge in [0.25, 0.3) is 0 Å². The predicted octanol–water partition coefficient (Wildman–Crippen LogP) is 9.55. The van der Waals surface area contributed by atoms with Crippen molar-refractivity contribution in [2.45, 2.75) is 119 Å². The van der Waals surface area contributed by atoms with Gasteiger partial charge in [0, 0.05) is 6.42 Å². The Bertz CT molecular complexity index is 1170. The number of unbranched alkanes of at least 4 members (excludes halogenated alkanes) is 1. The molecule has 0 amide bonds. The summed E-state index contributed by atoms with van der Waals surface area (Å²) < 4.78 is 4.76. The predicted molar refractivity (Wildman–Crippen MR) is 190 cm³/mol. The van der Waals surface area contributed by atoms with Gasteiger partial charge in [-0.25, -0.2) is 0 Å². The molecule has 3 N–H and O–H groups in total. The van der Waals surface area contributed by atoms with Crippen molar-refractivity contribution in [1.82, 2.24) is 5.32 Å². The molecule has 0 aliphatic carbocycles. The SMILES string of the molecule is CC(C)=CCC/C(C)=C\CC/C(C)=C/CC/C=C(\C)CC/C=C(\C)CCC(=O)OCC=O.CNCCc1cc(O)c(O)cc1C. The maximum atomic E-state index is 11.4. The van der Waals surface area contributed by atoms with Crippen molar-refractivity contribution >= 4 is 12.3 Å². The van der Waals surface area contributed by atoms with Crippen LogP contribution in [0, 0.1) is 6.92 Å². The third-order valence-electron chi connectivity index (χ3n) is 7.42. The third kappa shape index (κ3) is 23.6. The summed E-state index contributed by atoms with van der Waals surface area (Å²) in [4.78, 5) is 21.6. The molecule has 1 aromatic rings. The van der Waals surface area contributed by atoms with Gasteiger partial charge >= 0.3 is 5.97 Å². The smallest absolute Gasteiger partial charge is 0.306 e. The van der Waals surface area contributed by atoms with E-state index in [0.29, 0.717) is 19.1 Å². The van der Waals surface area contributed by atoms with Gasteiger partial charge in [0.1, 0.15) is 6.61 Å². The van der Waals surface area contributed by atoms with Crippen molar-refractivity contribution < 1.29 is 24.5 Å². The van der Waals surface area contributed by atoms with Gasteiger partial charge in [-0.3, -0.25) is 9.59 Å². The molecule has 252 valence electrons. The van der Waals surface area contributed by atoms with Crippen LogP contribution in [0.4, 0.5) is 0 Å². The first-order chi connectivity index (χ1) is 21.4. The Labute approximate surface area is 274 Å². The lowest BCUT2D eigenvalue weighted by atomic mass is 10.0. The molecule has 0 aliphatic rings. The van der Waals surface area contributed by atoms with Gasteiger partial charge < -0.3 is 20.3 Å². The van der Waals surface area contributed by atoms with E-state index in [1.807, 2.05) is 20.9 Å². The minimum absolute atomic E-state index is 0.0447. The number of phenols is 2. The maximum absolute atomic E-state index is 11.4. The highest BCUT2D eigenvalue weighted by Gasteiger charge is 2.05. The van der Waals surface area contributed by atoms with Crippen molar-refractivity contribution in [2.24, 2.45) is 0 Å². The van der Waals surface area contributed by atoms with Crippen molar-refractivity contribution in [3.8, 4) is 11.5 Å². The Morgan fingerprint density at radius 1 is 0.711 bits per heavy atom. The number of esters is 1. The number of aromatic hydroxyl groups is 2. The quantitative estimate of drug-likeness (QED) is 0.0440. The number of benzene rings is 1.